The van der Waals surface area contributed by atoms with Crippen molar-refractivity contribution in [3.8, 4) is 40.7 Å². The van der Waals surface area contributed by atoms with Crippen molar-refractivity contribution in [2.75, 3.05) is 0 Å². The molecular formula is C24H8F6N2S4. The maximum absolute atomic E-state index is 13.6. The smallest absolute Gasteiger partial charge is 0.194 e. The molecule has 0 fully saturated rings. The van der Waals surface area contributed by atoms with Gasteiger partial charge in [0.05, 0.1) is 9.75 Å². The van der Waals surface area contributed by atoms with Crippen molar-refractivity contribution >= 4 is 55.0 Å². The highest BCUT2D eigenvalue weighted by molar-refractivity contribution is 7.32. The number of thiophene rings is 2. The summed E-state index contributed by atoms with van der Waals surface area (Å²) in [6.07, 6.45) is 0. The second-order valence-electron chi connectivity index (χ2n) is 7.48. The summed E-state index contributed by atoms with van der Waals surface area (Å²) >= 11 is 5.23. The van der Waals surface area contributed by atoms with Crippen LogP contribution >= 0.6 is 45.3 Å². The molecule has 4 aromatic heterocycles. The van der Waals surface area contributed by atoms with Crippen LogP contribution in [-0.2, 0) is 0 Å². The van der Waals surface area contributed by atoms with Crippen LogP contribution in [0.2, 0.25) is 0 Å². The highest BCUT2D eigenvalue weighted by atomic mass is 32.1. The van der Waals surface area contributed by atoms with E-state index in [-0.39, 0.29) is 11.1 Å². The van der Waals surface area contributed by atoms with Crippen molar-refractivity contribution in [2.24, 2.45) is 0 Å². The molecule has 0 amide bonds. The summed E-state index contributed by atoms with van der Waals surface area (Å²) in [4.78, 5) is 13.3. The largest absolute Gasteiger partial charge is 0.222 e. The molecule has 0 N–H and O–H groups in total. The molecule has 6 aromatic rings. The third-order valence-electron chi connectivity index (χ3n) is 5.15. The summed E-state index contributed by atoms with van der Waals surface area (Å²) in [6, 6.07) is 10.7. The van der Waals surface area contributed by atoms with Gasteiger partial charge in [-0.3, -0.25) is 0 Å². The molecule has 0 aliphatic carbocycles. The Bertz CT molecular complexity index is 1580. The molecular weight excluding hydrogens is 559 g/mol. The second kappa shape index (κ2) is 8.80. The minimum atomic E-state index is -1.51. The predicted molar refractivity (Wildman–Crippen MR) is 133 cm³/mol. The van der Waals surface area contributed by atoms with E-state index < -0.39 is 34.9 Å². The van der Waals surface area contributed by atoms with E-state index in [0.717, 1.165) is 34.0 Å². The number of halogens is 6. The molecule has 36 heavy (non-hydrogen) atoms. The van der Waals surface area contributed by atoms with E-state index in [9.17, 15) is 26.3 Å². The first-order chi connectivity index (χ1) is 17.3. The first kappa shape index (κ1) is 23.3. The fraction of sp³-hybridized carbons (Fsp3) is 0. The summed E-state index contributed by atoms with van der Waals surface area (Å²) < 4.78 is 81.0. The van der Waals surface area contributed by atoms with Gasteiger partial charge in [0.25, 0.3) is 0 Å². The summed E-state index contributed by atoms with van der Waals surface area (Å²) in [7, 11) is 0. The van der Waals surface area contributed by atoms with Gasteiger partial charge < -0.3 is 0 Å². The fourth-order valence-corrected chi connectivity index (χ4v) is 7.60. The summed E-state index contributed by atoms with van der Waals surface area (Å²) in [5.74, 6) is -8.02. The van der Waals surface area contributed by atoms with E-state index in [2.05, 4.69) is 9.97 Å². The number of hydrogen-bond acceptors (Lipinski definition) is 6. The van der Waals surface area contributed by atoms with Crippen molar-refractivity contribution in [3.05, 3.63) is 83.4 Å². The van der Waals surface area contributed by atoms with Gasteiger partial charge >= 0.3 is 0 Å². The second-order valence-corrected chi connectivity index (χ2v) is 11.6. The van der Waals surface area contributed by atoms with E-state index in [1.165, 1.54) is 45.3 Å². The van der Waals surface area contributed by atoms with Crippen molar-refractivity contribution < 1.29 is 26.3 Å². The van der Waals surface area contributed by atoms with E-state index in [1.807, 2.05) is 0 Å². The Labute approximate surface area is 214 Å². The lowest BCUT2D eigenvalue weighted by atomic mass is 10.2. The molecule has 0 bridgehead atoms. The molecule has 2 nitrogen and oxygen atoms in total. The van der Waals surface area contributed by atoms with Gasteiger partial charge in [-0.2, -0.15) is 0 Å². The topological polar surface area (TPSA) is 25.8 Å². The monoisotopic (exact) mass is 566 g/mol. The summed E-state index contributed by atoms with van der Waals surface area (Å²) in [5, 5.41) is 1.36. The van der Waals surface area contributed by atoms with Crippen LogP contribution in [0.15, 0.2) is 48.5 Å². The Morgan fingerprint density at radius 1 is 0.444 bits per heavy atom. The predicted octanol–water partition coefficient (Wildman–Crippen LogP) is 9.38. The Morgan fingerprint density at radius 3 is 1.14 bits per heavy atom. The fourth-order valence-electron chi connectivity index (χ4n) is 3.46. The molecule has 0 aliphatic rings. The third kappa shape index (κ3) is 4.03. The Kier molecular flexibility index (Phi) is 5.71. The first-order valence-electron chi connectivity index (χ1n) is 10.0. The van der Waals surface area contributed by atoms with Gasteiger partial charge in [0.2, 0.25) is 0 Å². The molecule has 0 saturated carbocycles. The maximum Gasteiger partial charge on any atom is 0.194 e. The number of fused-ring (bicyclic) bond motifs is 1. The van der Waals surface area contributed by atoms with Crippen LogP contribution in [0.1, 0.15) is 0 Å². The highest BCUT2D eigenvalue weighted by Crippen LogP contribution is 2.43. The van der Waals surface area contributed by atoms with E-state index in [0.29, 0.717) is 29.4 Å². The van der Waals surface area contributed by atoms with E-state index >= 15 is 0 Å². The van der Waals surface area contributed by atoms with Gasteiger partial charge in [0.15, 0.2) is 44.6 Å². The van der Waals surface area contributed by atoms with Crippen LogP contribution in [0.4, 0.5) is 26.3 Å². The minimum Gasteiger partial charge on any atom is -0.222 e. The quantitative estimate of drug-likeness (QED) is 0.157. The number of thiazole rings is 2. The molecule has 0 unspecified atom stereocenters. The van der Waals surface area contributed by atoms with Gasteiger partial charge in [-0.05, 0) is 59.7 Å². The molecule has 0 aliphatic heterocycles. The average molecular weight is 567 g/mol. The lowest BCUT2D eigenvalue weighted by Gasteiger charge is -2.00. The zero-order valence-corrected chi connectivity index (χ0v) is 20.7. The number of aromatic nitrogens is 2. The summed E-state index contributed by atoms with van der Waals surface area (Å²) in [5.41, 5.74) is 0.465. The van der Waals surface area contributed by atoms with Crippen molar-refractivity contribution in [2.45, 2.75) is 0 Å². The van der Waals surface area contributed by atoms with Gasteiger partial charge in [-0.25, -0.2) is 36.3 Å². The average Bonchev–Trinajstić information content (AvgIpc) is 3.62. The molecule has 0 atom stereocenters. The number of rotatable bonds is 4. The van der Waals surface area contributed by atoms with Crippen molar-refractivity contribution in [3.63, 3.8) is 0 Å². The normalized spacial score (nSPS) is 11.6. The van der Waals surface area contributed by atoms with Crippen LogP contribution < -0.4 is 0 Å². The molecule has 0 saturated heterocycles. The van der Waals surface area contributed by atoms with Gasteiger partial charge in [0.1, 0.15) is 10.0 Å². The van der Waals surface area contributed by atoms with Gasteiger partial charge in [-0.15, -0.1) is 22.7 Å². The lowest BCUT2D eigenvalue weighted by molar-refractivity contribution is 0.447. The van der Waals surface area contributed by atoms with Crippen LogP contribution in [0.5, 0.6) is 0 Å². The van der Waals surface area contributed by atoms with Gasteiger partial charge in [-0.1, -0.05) is 22.7 Å². The Morgan fingerprint density at radius 2 is 0.778 bits per heavy atom. The van der Waals surface area contributed by atoms with Crippen molar-refractivity contribution in [1.29, 1.82) is 0 Å². The molecule has 4 heterocycles. The van der Waals surface area contributed by atoms with E-state index in [4.69, 9.17) is 0 Å². The number of benzene rings is 2. The Balaban J connectivity index is 1.28. The molecule has 0 radical (unpaired) electrons. The summed E-state index contributed by atoms with van der Waals surface area (Å²) in [6.45, 7) is 0. The Hall–Kier alpha value is -3.06. The number of nitrogens with zero attached hydrogens (tertiary/aromatic N) is 2. The minimum absolute atomic E-state index is 0.232. The first-order valence-corrected chi connectivity index (χ1v) is 13.3. The maximum atomic E-state index is 13.6. The lowest BCUT2D eigenvalue weighted by Crippen LogP contribution is -1.90. The molecule has 0 spiro atoms. The van der Waals surface area contributed by atoms with Crippen LogP contribution in [-0.4, -0.2) is 9.97 Å². The van der Waals surface area contributed by atoms with Gasteiger partial charge in [0, 0.05) is 9.75 Å². The van der Waals surface area contributed by atoms with Crippen molar-refractivity contribution in [1.82, 2.24) is 9.97 Å². The van der Waals surface area contributed by atoms with Crippen LogP contribution in [0.25, 0.3) is 50.3 Å². The zero-order valence-electron chi connectivity index (χ0n) is 17.4. The van der Waals surface area contributed by atoms with E-state index in [1.54, 1.807) is 24.3 Å². The standard InChI is InChI=1S/C24H8F6N2S4/c25-11-5-9(6-12(26)19(11)29)15-1-3-17(33-15)21-31-23-24(35-21)32-22(36-23)18-4-2-16(34-18)10-7-13(27)20(30)14(28)8-10/h1-8H. The SMILES string of the molecule is Fc1cc(-c2ccc(-c3nc4sc(-c5ccc(-c6cc(F)c(F)c(F)c6)s5)nc4s3)s2)cc(F)c1F. The molecule has 180 valence electrons. The molecule has 12 heteroatoms. The molecule has 2 aromatic carbocycles. The number of hydrogen-bond donors (Lipinski definition) is 0. The zero-order chi connectivity index (χ0) is 25.1. The molecule has 6 rings (SSSR count). The highest BCUT2D eigenvalue weighted by Gasteiger charge is 2.18. The van der Waals surface area contributed by atoms with Crippen LogP contribution in [0, 0.1) is 34.9 Å². The van der Waals surface area contributed by atoms with Crippen LogP contribution in [0.3, 0.4) is 0 Å². The third-order valence-corrected chi connectivity index (χ3v) is 9.78.